The molecule has 0 aliphatic carbocycles. The maximum Gasteiger partial charge on any atom is 0.327 e. The average Bonchev–Trinajstić information content (AvgIpc) is 3.12. The second kappa shape index (κ2) is 6.37. The van der Waals surface area contributed by atoms with Crippen molar-refractivity contribution in [3.63, 3.8) is 0 Å². The van der Waals surface area contributed by atoms with Crippen LogP contribution >= 0.6 is 11.6 Å². The van der Waals surface area contributed by atoms with Crippen LogP contribution in [0.2, 0.25) is 5.02 Å². The molecule has 2 heterocycles. The third-order valence-corrected chi connectivity index (χ3v) is 3.97. The number of benzene rings is 1. The molecular weight excluding hydrogens is 304 g/mol. The summed E-state index contributed by atoms with van der Waals surface area (Å²) < 4.78 is 6.73. The number of hydrogen-bond donors (Lipinski definition) is 1. The number of carbonyl (C=O) groups is 1. The smallest absolute Gasteiger partial charge is 0.327 e. The predicted octanol–water partition coefficient (Wildman–Crippen LogP) is 2.78. The molecule has 0 saturated carbocycles. The maximum absolute atomic E-state index is 12.4. The Morgan fingerprint density at radius 1 is 1.45 bits per heavy atom. The fourth-order valence-electron chi connectivity index (χ4n) is 2.52. The van der Waals surface area contributed by atoms with Crippen molar-refractivity contribution in [1.82, 2.24) is 9.78 Å². The summed E-state index contributed by atoms with van der Waals surface area (Å²) in [6.07, 6.45) is 2.58. The van der Waals surface area contributed by atoms with E-state index in [9.17, 15) is 4.79 Å². The Balaban J connectivity index is 1.69. The molecule has 1 aromatic heterocycles. The number of ether oxygens (including phenoxy) is 1. The first-order valence-corrected chi connectivity index (χ1v) is 7.45. The molecule has 22 heavy (non-hydrogen) atoms. The van der Waals surface area contributed by atoms with Gasteiger partial charge in [0.25, 0.3) is 0 Å². The summed E-state index contributed by atoms with van der Waals surface area (Å²) in [6, 6.07) is 7.18. The van der Waals surface area contributed by atoms with Gasteiger partial charge in [-0.1, -0.05) is 17.7 Å². The summed E-state index contributed by atoms with van der Waals surface area (Å²) in [5.41, 5.74) is 1.88. The van der Waals surface area contributed by atoms with E-state index >= 15 is 0 Å². The lowest BCUT2D eigenvalue weighted by atomic mass is 10.2. The number of halogens is 1. The number of nitrogens with one attached hydrogen (secondary N) is 1. The van der Waals surface area contributed by atoms with Gasteiger partial charge in [-0.25, -0.2) is 4.79 Å². The molecule has 1 aliphatic heterocycles. The molecule has 116 valence electrons. The van der Waals surface area contributed by atoms with Crippen molar-refractivity contribution in [2.24, 2.45) is 0 Å². The molecule has 6 nitrogen and oxygen atoms in total. The first-order valence-electron chi connectivity index (χ1n) is 7.07. The monoisotopic (exact) mass is 320 g/mol. The highest BCUT2D eigenvalue weighted by Crippen LogP contribution is 2.33. The van der Waals surface area contributed by atoms with E-state index in [0.717, 1.165) is 17.7 Å². The van der Waals surface area contributed by atoms with E-state index in [4.69, 9.17) is 16.3 Å². The van der Waals surface area contributed by atoms with Gasteiger partial charge in [-0.2, -0.15) is 5.10 Å². The van der Waals surface area contributed by atoms with Crippen molar-refractivity contribution in [3.8, 4) is 0 Å². The van der Waals surface area contributed by atoms with E-state index in [1.165, 1.54) is 0 Å². The van der Waals surface area contributed by atoms with Crippen LogP contribution in [0.15, 0.2) is 30.5 Å². The summed E-state index contributed by atoms with van der Waals surface area (Å²) in [4.78, 5) is 14.1. The standard InChI is InChI=1S/C15H17ClN4O2/c1-22-10-9-19-7-6-14(18-19)17-15(21)20-8-5-11-12(16)3-2-4-13(11)20/h2-4,6-7H,5,8-10H2,1H3,(H,17,18,21). The normalized spacial score (nSPS) is 13.3. The minimum atomic E-state index is -0.196. The zero-order valence-electron chi connectivity index (χ0n) is 12.3. The van der Waals surface area contributed by atoms with Crippen LogP contribution in [0.4, 0.5) is 16.3 Å². The van der Waals surface area contributed by atoms with E-state index in [2.05, 4.69) is 10.4 Å². The Labute approximate surface area is 133 Å². The highest BCUT2D eigenvalue weighted by Gasteiger charge is 2.26. The fraction of sp³-hybridized carbons (Fsp3) is 0.333. The molecule has 0 atom stereocenters. The molecule has 1 aromatic carbocycles. The summed E-state index contributed by atoms with van der Waals surface area (Å²) in [7, 11) is 1.64. The molecule has 3 rings (SSSR count). The minimum absolute atomic E-state index is 0.196. The number of amides is 2. The number of rotatable bonds is 4. The molecule has 0 radical (unpaired) electrons. The molecule has 0 bridgehead atoms. The van der Waals surface area contributed by atoms with Gasteiger partial charge < -0.3 is 4.74 Å². The van der Waals surface area contributed by atoms with Crippen LogP contribution in [-0.4, -0.2) is 36.1 Å². The van der Waals surface area contributed by atoms with Crippen LogP contribution in [-0.2, 0) is 17.7 Å². The zero-order valence-corrected chi connectivity index (χ0v) is 13.0. The summed E-state index contributed by atoms with van der Waals surface area (Å²) in [5, 5.41) is 7.80. The lowest BCUT2D eigenvalue weighted by Crippen LogP contribution is -2.33. The van der Waals surface area contributed by atoms with Crippen molar-refractivity contribution in [3.05, 3.63) is 41.0 Å². The Bertz CT molecular complexity index is 686. The highest BCUT2D eigenvalue weighted by molar-refractivity contribution is 6.32. The van der Waals surface area contributed by atoms with E-state index in [0.29, 0.717) is 30.5 Å². The van der Waals surface area contributed by atoms with Crippen LogP contribution in [0.1, 0.15) is 5.56 Å². The number of urea groups is 1. The van der Waals surface area contributed by atoms with E-state index in [1.54, 1.807) is 22.8 Å². The molecule has 0 fully saturated rings. The van der Waals surface area contributed by atoms with Gasteiger partial charge in [-0.3, -0.25) is 14.9 Å². The van der Waals surface area contributed by atoms with Gasteiger partial charge in [-0.05, 0) is 24.1 Å². The Morgan fingerprint density at radius 2 is 2.32 bits per heavy atom. The Kier molecular flexibility index (Phi) is 4.31. The predicted molar refractivity (Wildman–Crippen MR) is 85.6 cm³/mol. The summed E-state index contributed by atoms with van der Waals surface area (Å²) in [6.45, 7) is 1.84. The molecule has 1 N–H and O–H groups in total. The zero-order chi connectivity index (χ0) is 15.5. The second-order valence-electron chi connectivity index (χ2n) is 5.03. The number of anilines is 2. The van der Waals surface area contributed by atoms with E-state index < -0.39 is 0 Å². The van der Waals surface area contributed by atoms with Crippen molar-refractivity contribution >= 4 is 29.1 Å². The number of hydrogen-bond acceptors (Lipinski definition) is 3. The number of aromatic nitrogens is 2. The van der Waals surface area contributed by atoms with Gasteiger partial charge in [0.2, 0.25) is 0 Å². The molecule has 1 aliphatic rings. The molecule has 0 saturated heterocycles. The molecule has 0 spiro atoms. The first kappa shape index (κ1) is 14.9. The number of fused-ring (bicyclic) bond motifs is 1. The quantitative estimate of drug-likeness (QED) is 0.942. The van der Waals surface area contributed by atoms with Crippen molar-refractivity contribution in [2.75, 3.05) is 30.5 Å². The number of carbonyl (C=O) groups excluding carboxylic acids is 1. The topological polar surface area (TPSA) is 59.4 Å². The second-order valence-corrected chi connectivity index (χ2v) is 5.43. The minimum Gasteiger partial charge on any atom is -0.383 e. The largest absolute Gasteiger partial charge is 0.383 e. The molecular formula is C15H17ClN4O2. The van der Waals surface area contributed by atoms with Gasteiger partial charge in [0, 0.05) is 30.9 Å². The van der Waals surface area contributed by atoms with Crippen LogP contribution in [0.3, 0.4) is 0 Å². The Hall–Kier alpha value is -2.05. The molecule has 0 unspecified atom stereocenters. The fourth-order valence-corrected chi connectivity index (χ4v) is 2.78. The highest BCUT2D eigenvalue weighted by atomic mass is 35.5. The summed E-state index contributed by atoms with van der Waals surface area (Å²) in [5.74, 6) is 0.525. The van der Waals surface area contributed by atoms with E-state index in [1.807, 2.05) is 24.4 Å². The molecule has 7 heteroatoms. The van der Waals surface area contributed by atoms with Gasteiger partial charge in [0.05, 0.1) is 18.8 Å². The Morgan fingerprint density at radius 3 is 3.14 bits per heavy atom. The summed E-state index contributed by atoms with van der Waals surface area (Å²) >= 11 is 6.17. The van der Waals surface area contributed by atoms with Crippen LogP contribution in [0.25, 0.3) is 0 Å². The SMILES string of the molecule is COCCn1ccc(NC(=O)N2CCc3c(Cl)cccc32)n1. The first-order chi connectivity index (χ1) is 10.7. The van der Waals surface area contributed by atoms with Crippen LogP contribution < -0.4 is 10.2 Å². The third kappa shape index (κ3) is 2.93. The lowest BCUT2D eigenvalue weighted by Gasteiger charge is -2.17. The average molecular weight is 321 g/mol. The molecule has 2 aromatic rings. The van der Waals surface area contributed by atoms with Crippen molar-refractivity contribution < 1.29 is 9.53 Å². The molecule has 2 amide bonds. The van der Waals surface area contributed by atoms with Gasteiger partial charge in [0.15, 0.2) is 5.82 Å². The maximum atomic E-state index is 12.4. The lowest BCUT2D eigenvalue weighted by molar-refractivity contribution is 0.183. The van der Waals surface area contributed by atoms with Crippen LogP contribution in [0, 0.1) is 0 Å². The van der Waals surface area contributed by atoms with E-state index in [-0.39, 0.29) is 6.03 Å². The van der Waals surface area contributed by atoms with Gasteiger partial charge in [0.1, 0.15) is 0 Å². The number of nitrogens with zero attached hydrogens (tertiary/aromatic N) is 3. The third-order valence-electron chi connectivity index (χ3n) is 3.62. The van der Waals surface area contributed by atoms with Crippen LogP contribution in [0.5, 0.6) is 0 Å². The van der Waals surface area contributed by atoms with Crippen molar-refractivity contribution in [2.45, 2.75) is 13.0 Å². The van der Waals surface area contributed by atoms with Gasteiger partial charge >= 0.3 is 6.03 Å². The van der Waals surface area contributed by atoms with Crippen molar-refractivity contribution in [1.29, 1.82) is 0 Å². The number of methoxy groups -OCH3 is 1. The van der Waals surface area contributed by atoms with Gasteiger partial charge in [-0.15, -0.1) is 0 Å².